The molecule has 0 aliphatic carbocycles. The van der Waals surface area contributed by atoms with Crippen LogP contribution in [-0.2, 0) is 0 Å². The molecular weight excluding hydrogens is 277 g/mol. The lowest BCUT2D eigenvalue weighted by Crippen LogP contribution is -2.17. The second-order valence-electron chi connectivity index (χ2n) is 4.87. The van der Waals surface area contributed by atoms with Gasteiger partial charge in [-0.2, -0.15) is 0 Å². The van der Waals surface area contributed by atoms with Crippen LogP contribution in [0.3, 0.4) is 0 Å². The molecule has 2 nitrogen and oxygen atoms in total. The van der Waals surface area contributed by atoms with E-state index in [1.54, 1.807) is 12.1 Å². The molecule has 1 aliphatic heterocycles. The van der Waals surface area contributed by atoms with Crippen LogP contribution in [0, 0.1) is 5.82 Å². The van der Waals surface area contributed by atoms with Gasteiger partial charge >= 0.3 is 0 Å². The number of halogens is 2. The molecule has 104 valence electrons. The quantitative estimate of drug-likeness (QED) is 0.800. The molecule has 0 spiro atoms. The van der Waals surface area contributed by atoms with Crippen LogP contribution < -0.4 is 9.64 Å². The third kappa shape index (κ3) is 2.88. The Balaban J connectivity index is 1.80. The van der Waals surface area contributed by atoms with Crippen molar-refractivity contribution in [2.75, 3.05) is 18.0 Å². The molecule has 0 bridgehead atoms. The number of anilines is 1. The minimum absolute atomic E-state index is 0.327. The molecule has 1 fully saturated rings. The molecule has 0 unspecified atom stereocenters. The van der Waals surface area contributed by atoms with Crippen LogP contribution in [0.5, 0.6) is 11.5 Å². The Morgan fingerprint density at radius 1 is 1.05 bits per heavy atom. The van der Waals surface area contributed by atoms with Gasteiger partial charge in [0.05, 0.1) is 5.02 Å². The van der Waals surface area contributed by atoms with Gasteiger partial charge in [0.15, 0.2) is 0 Å². The first-order valence-corrected chi connectivity index (χ1v) is 7.08. The Bertz CT molecular complexity index is 611. The maximum absolute atomic E-state index is 13.1. The van der Waals surface area contributed by atoms with Crippen molar-refractivity contribution in [3.8, 4) is 11.5 Å². The van der Waals surface area contributed by atoms with Crippen LogP contribution in [0.4, 0.5) is 10.1 Å². The molecule has 0 aromatic heterocycles. The highest BCUT2D eigenvalue weighted by molar-refractivity contribution is 6.32. The molecule has 1 aliphatic rings. The summed E-state index contributed by atoms with van der Waals surface area (Å²) >= 11 is 6.25. The summed E-state index contributed by atoms with van der Waals surface area (Å²) in [5, 5.41) is 0.540. The standard InChI is InChI=1S/C16H15ClFNO/c17-15-11-13(19-8-1-2-9-19)6-7-16(15)20-14-5-3-4-12(18)10-14/h3-7,10-11H,1-2,8-9H2. The fourth-order valence-electron chi connectivity index (χ4n) is 2.40. The predicted molar refractivity (Wildman–Crippen MR) is 79.4 cm³/mol. The Kier molecular flexibility index (Phi) is 3.79. The summed E-state index contributed by atoms with van der Waals surface area (Å²) in [4.78, 5) is 2.30. The molecule has 0 N–H and O–H groups in total. The normalized spacial score (nSPS) is 14.6. The number of rotatable bonds is 3. The molecule has 0 radical (unpaired) electrons. The van der Waals surface area contributed by atoms with Gasteiger partial charge in [0, 0.05) is 24.8 Å². The van der Waals surface area contributed by atoms with E-state index in [1.165, 1.54) is 25.0 Å². The minimum atomic E-state index is -0.327. The fourth-order valence-corrected chi connectivity index (χ4v) is 2.62. The summed E-state index contributed by atoms with van der Waals surface area (Å²) in [6.45, 7) is 2.14. The molecule has 2 aromatic rings. The first-order chi connectivity index (χ1) is 9.72. The molecule has 0 saturated carbocycles. The van der Waals surface area contributed by atoms with Crippen LogP contribution >= 0.6 is 11.6 Å². The van der Waals surface area contributed by atoms with Crippen molar-refractivity contribution in [2.24, 2.45) is 0 Å². The molecule has 1 saturated heterocycles. The number of nitrogens with zero attached hydrogens (tertiary/aromatic N) is 1. The van der Waals surface area contributed by atoms with E-state index in [0.717, 1.165) is 18.8 Å². The van der Waals surface area contributed by atoms with Crippen LogP contribution in [0.2, 0.25) is 5.02 Å². The van der Waals surface area contributed by atoms with Gasteiger partial charge in [0.25, 0.3) is 0 Å². The highest BCUT2D eigenvalue weighted by atomic mass is 35.5. The van der Waals surface area contributed by atoms with E-state index in [4.69, 9.17) is 16.3 Å². The molecule has 20 heavy (non-hydrogen) atoms. The molecular formula is C16H15ClFNO. The van der Waals surface area contributed by atoms with Gasteiger partial charge in [-0.15, -0.1) is 0 Å². The van der Waals surface area contributed by atoms with E-state index in [1.807, 2.05) is 18.2 Å². The second-order valence-corrected chi connectivity index (χ2v) is 5.28. The number of benzene rings is 2. The lowest BCUT2D eigenvalue weighted by atomic mass is 10.2. The van der Waals surface area contributed by atoms with Crippen molar-refractivity contribution in [1.82, 2.24) is 0 Å². The summed E-state index contributed by atoms with van der Waals surface area (Å²) in [6.07, 6.45) is 2.44. The van der Waals surface area contributed by atoms with Crippen molar-refractivity contribution >= 4 is 17.3 Å². The third-order valence-electron chi connectivity index (χ3n) is 3.41. The smallest absolute Gasteiger partial charge is 0.146 e. The highest BCUT2D eigenvalue weighted by Gasteiger charge is 2.14. The Hall–Kier alpha value is -1.74. The van der Waals surface area contributed by atoms with Crippen molar-refractivity contribution in [3.63, 3.8) is 0 Å². The maximum atomic E-state index is 13.1. The summed E-state index contributed by atoms with van der Waals surface area (Å²) in [7, 11) is 0. The van der Waals surface area contributed by atoms with Gasteiger partial charge in [0.1, 0.15) is 17.3 Å². The maximum Gasteiger partial charge on any atom is 0.146 e. The zero-order chi connectivity index (χ0) is 13.9. The first kappa shape index (κ1) is 13.3. The monoisotopic (exact) mass is 291 g/mol. The first-order valence-electron chi connectivity index (χ1n) is 6.70. The van der Waals surface area contributed by atoms with Crippen LogP contribution in [0.15, 0.2) is 42.5 Å². The molecule has 3 rings (SSSR count). The van der Waals surface area contributed by atoms with Crippen molar-refractivity contribution in [3.05, 3.63) is 53.3 Å². The van der Waals surface area contributed by atoms with E-state index < -0.39 is 0 Å². The summed E-state index contributed by atoms with van der Waals surface area (Å²) in [6, 6.07) is 11.8. The summed E-state index contributed by atoms with van der Waals surface area (Å²) in [5.41, 5.74) is 1.11. The number of hydrogen-bond donors (Lipinski definition) is 0. The van der Waals surface area contributed by atoms with E-state index in [9.17, 15) is 4.39 Å². The summed E-state index contributed by atoms with van der Waals surface area (Å²) < 4.78 is 18.7. The van der Waals surface area contributed by atoms with Crippen LogP contribution in [-0.4, -0.2) is 13.1 Å². The largest absolute Gasteiger partial charge is 0.456 e. The van der Waals surface area contributed by atoms with Crippen LogP contribution in [0.1, 0.15) is 12.8 Å². The fraction of sp³-hybridized carbons (Fsp3) is 0.250. The number of hydrogen-bond acceptors (Lipinski definition) is 2. The van der Waals surface area contributed by atoms with Gasteiger partial charge in [0.2, 0.25) is 0 Å². The Morgan fingerprint density at radius 3 is 2.55 bits per heavy atom. The molecule has 1 heterocycles. The van der Waals surface area contributed by atoms with Crippen molar-refractivity contribution < 1.29 is 9.13 Å². The predicted octanol–water partition coefficient (Wildman–Crippen LogP) is 4.87. The average Bonchev–Trinajstić information content (AvgIpc) is 2.95. The van der Waals surface area contributed by atoms with Crippen molar-refractivity contribution in [1.29, 1.82) is 0 Å². The van der Waals surface area contributed by atoms with E-state index in [2.05, 4.69) is 4.90 Å². The van der Waals surface area contributed by atoms with Gasteiger partial charge in [-0.05, 0) is 43.2 Å². The van der Waals surface area contributed by atoms with Gasteiger partial charge in [-0.1, -0.05) is 17.7 Å². The zero-order valence-electron chi connectivity index (χ0n) is 11.0. The lowest BCUT2D eigenvalue weighted by molar-refractivity contribution is 0.477. The third-order valence-corrected chi connectivity index (χ3v) is 3.71. The van der Waals surface area contributed by atoms with E-state index in [-0.39, 0.29) is 5.82 Å². The Labute approximate surface area is 122 Å². The van der Waals surface area contributed by atoms with E-state index in [0.29, 0.717) is 16.5 Å². The molecule has 0 amide bonds. The SMILES string of the molecule is Fc1cccc(Oc2ccc(N3CCCC3)cc2Cl)c1. The second kappa shape index (κ2) is 5.71. The molecule has 4 heteroatoms. The summed E-state index contributed by atoms with van der Waals surface area (Å²) in [5.74, 6) is 0.661. The van der Waals surface area contributed by atoms with Crippen LogP contribution in [0.25, 0.3) is 0 Å². The average molecular weight is 292 g/mol. The Morgan fingerprint density at radius 2 is 1.85 bits per heavy atom. The number of ether oxygens (including phenoxy) is 1. The lowest BCUT2D eigenvalue weighted by Gasteiger charge is -2.18. The highest BCUT2D eigenvalue weighted by Crippen LogP contribution is 2.33. The minimum Gasteiger partial charge on any atom is -0.456 e. The molecule has 2 aromatic carbocycles. The van der Waals surface area contributed by atoms with Gasteiger partial charge < -0.3 is 9.64 Å². The van der Waals surface area contributed by atoms with E-state index >= 15 is 0 Å². The van der Waals surface area contributed by atoms with Gasteiger partial charge in [-0.25, -0.2) is 4.39 Å². The zero-order valence-corrected chi connectivity index (χ0v) is 11.7. The van der Waals surface area contributed by atoms with Gasteiger partial charge in [-0.3, -0.25) is 0 Å². The topological polar surface area (TPSA) is 12.5 Å². The molecule has 0 atom stereocenters. The van der Waals surface area contributed by atoms with Crippen molar-refractivity contribution in [2.45, 2.75) is 12.8 Å².